The molecule has 0 fully saturated rings. The summed E-state index contributed by atoms with van der Waals surface area (Å²) in [6, 6.07) is 19.7. The summed E-state index contributed by atoms with van der Waals surface area (Å²) in [5.41, 5.74) is 3.35. The molecule has 0 aliphatic carbocycles. The van der Waals surface area contributed by atoms with E-state index in [0.29, 0.717) is 26.1 Å². The minimum atomic E-state index is -0.464. The first kappa shape index (κ1) is 22.1. The predicted octanol–water partition coefficient (Wildman–Crippen LogP) is 3.76. The maximum atomic E-state index is 13.8. The van der Waals surface area contributed by atoms with Crippen LogP contribution in [-0.2, 0) is 22.6 Å². The van der Waals surface area contributed by atoms with Gasteiger partial charge < -0.3 is 15.1 Å². The fourth-order valence-electron chi connectivity index (χ4n) is 5.03. The lowest BCUT2D eigenvalue weighted by Crippen LogP contribution is -2.50. The van der Waals surface area contributed by atoms with Crippen LogP contribution in [0, 0.1) is 5.92 Å². The molecule has 2 aromatic rings. The minimum absolute atomic E-state index is 0.0273. The molecule has 168 valence electrons. The van der Waals surface area contributed by atoms with Crippen LogP contribution in [0.15, 0.2) is 71.9 Å². The highest BCUT2D eigenvalue weighted by atomic mass is 16.2. The van der Waals surface area contributed by atoms with Gasteiger partial charge >= 0.3 is 0 Å². The quantitative estimate of drug-likeness (QED) is 0.784. The van der Waals surface area contributed by atoms with Crippen molar-refractivity contribution in [3.8, 4) is 0 Å². The van der Waals surface area contributed by atoms with Gasteiger partial charge in [0.05, 0.1) is 23.6 Å². The van der Waals surface area contributed by atoms with E-state index in [1.165, 1.54) is 0 Å². The van der Waals surface area contributed by atoms with Crippen molar-refractivity contribution in [3.05, 3.63) is 83.1 Å². The maximum Gasteiger partial charge on any atom is 0.254 e. The zero-order chi connectivity index (χ0) is 22.9. The Morgan fingerprint density at radius 3 is 2.22 bits per heavy atom. The molecular formula is C27H33N3O2. The Balaban J connectivity index is 1.67. The molecule has 32 heavy (non-hydrogen) atoms. The van der Waals surface area contributed by atoms with Crippen LogP contribution in [-0.4, -0.2) is 46.3 Å². The molecule has 1 atom stereocenters. The number of rotatable bonds is 5. The Labute approximate surface area is 191 Å². The smallest absolute Gasteiger partial charge is 0.254 e. The lowest BCUT2D eigenvalue weighted by molar-refractivity contribution is -0.134. The van der Waals surface area contributed by atoms with Gasteiger partial charge in [-0.15, -0.1) is 0 Å². The van der Waals surface area contributed by atoms with Gasteiger partial charge in [0, 0.05) is 25.3 Å². The van der Waals surface area contributed by atoms with Gasteiger partial charge in [-0.3, -0.25) is 9.59 Å². The lowest BCUT2D eigenvalue weighted by Gasteiger charge is -2.36. The SMILES string of the molecule is CC(C)C1C2=C(NCCN1C(=O)Cc1ccccc1)C(C)(C)N(Cc1ccccc1)C2=O. The average molecular weight is 432 g/mol. The molecule has 0 saturated heterocycles. The fraction of sp³-hybridized carbons (Fsp3) is 0.407. The van der Waals surface area contributed by atoms with E-state index >= 15 is 0 Å². The number of benzene rings is 2. The van der Waals surface area contributed by atoms with Crippen molar-refractivity contribution in [2.45, 2.75) is 52.2 Å². The second-order valence-corrected chi connectivity index (χ2v) is 9.59. The molecule has 2 heterocycles. The first-order valence-electron chi connectivity index (χ1n) is 11.5. The van der Waals surface area contributed by atoms with Crippen LogP contribution < -0.4 is 5.32 Å². The lowest BCUT2D eigenvalue weighted by atomic mass is 9.90. The van der Waals surface area contributed by atoms with E-state index in [4.69, 9.17) is 0 Å². The Hall–Kier alpha value is -3.08. The Kier molecular flexibility index (Phi) is 6.09. The summed E-state index contributed by atoms with van der Waals surface area (Å²) < 4.78 is 0. The van der Waals surface area contributed by atoms with Crippen molar-refractivity contribution in [3.63, 3.8) is 0 Å². The summed E-state index contributed by atoms with van der Waals surface area (Å²) >= 11 is 0. The van der Waals surface area contributed by atoms with E-state index < -0.39 is 5.54 Å². The summed E-state index contributed by atoms with van der Waals surface area (Å²) in [5.74, 6) is 0.216. The van der Waals surface area contributed by atoms with Gasteiger partial charge in [0.15, 0.2) is 0 Å². The predicted molar refractivity (Wildman–Crippen MR) is 127 cm³/mol. The van der Waals surface area contributed by atoms with Crippen LogP contribution >= 0.6 is 0 Å². The van der Waals surface area contributed by atoms with Crippen molar-refractivity contribution >= 4 is 11.8 Å². The largest absolute Gasteiger partial charge is 0.384 e. The molecule has 5 heteroatoms. The zero-order valence-corrected chi connectivity index (χ0v) is 19.5. The van der Waals surface area contributed by atoms with Gasteiger partial charge in [-0.1, -0.05) is 74.5 Å². The van der Waals surface area contributed by atoms with Gasteiger partial charge in [-0.2, -0.15) is 0 Å². The van der Waals surface area contributed by atoms with Crippen LogP contribution in [0.3, 0.4) is 0 Å². The van der Waals surface area contributed by atoms with Crippen molar-refractivity contribution in [1.82, 2.24) is 15.1 Å². The average Bonchev–Trinajstić information content (AvgIpc) is 2.92. The van der Waals surface area contributed by atoms with Crippen LogP contribution in [0.4, 0.5) is 0 Å². The highest BCUT2D eigenvalue weighted by molar-refractivity contribution is 6.00. The maximum absolute atomic E-state index is 13.8. The molecule has 0 aromatic heterocycles. The Bertz CT molecular complexity index is 1010. The molecule has 2 aromatic carbocycles. The number of hydrogen-bond acceptors (Lipinski definition) is 3. The van der Waals surface area contributed by atoms with Gasteiger partial charge in [0.1, 0.15) is 0 Å². The Morgan fingerprint density at radius 1 is 1.03 bits per heavy atom. The van der Waals surface area contributed by atoms with E-state index in [-0.39, 0.29) is 23.8 Å². The van der Waals surface area contributed by atoms with Gasteiger partial charge in [-0.05, 0) is 30.9 Å². The second kappa shape index (κ2) is 8.81. The molecule has 5 nitrogen and oxygen atoms in total. The first-order chi connectivity index (χ1) is 15.3. The normalized spacial score (nSPS) is 20.3. The van der Waals surface area contributed by atoms with E-state index in [0.717, 1.165) is 22.4 Å². The molecule has 2 aliphatic heterocycles. The molecular weight excluding hydrogens is 398 g/mol. The van der Waals surface area contributed by atoms with Crippen LogP contribution in [0.1, 0.15) is 38.8 Å². The third-order valence-electron chi connectivity index (χ3n) is 6.65. The second-order valence-electron chi connectivity index (χ2n) is 9.59. The molecule has 0 bridgehead atoms. The summed E-state index contributed by atoms with van der Waals surface area (Å²) in [5, 5.41) is 3.54. The number of hydrogen-bond donors (Lipinski definition) is 1. The highest BCUT2D eigenvalue weighted by Gasteiger charge is 2.50. The molecule has 2 amide bonds. The van der Waals surface area contributed by atoms with E-state index in [9.17, 15) is 9.59 Å². The molecule has 1 unspecified atom stereocenters. The zero-order valence-electron chi connectivity index (χ0n) is 19.5. The van der Waals surface area contributed by atoms with E-state index in [1.807, 2.05) is 58.3 Å². The summed E-state index contributed by atoms with van der Waals surface area (Å²) in [7, 11) is 0. The Morgan fingerprint density at radius 2 is 1.62 bits per heavy atom. The minimum Gasteiger partial charge on any atom is -0.384 e. The van der Waals surface area contributed by atoms with Crippen molar-refractivity contribution in [2.75, 3.05) is 13.1 Å². The van der Waals surface area contributed by atoms with Crippen molar-refractivity contribution in [1.29, 1.82) is 0 Å². The summed E-state index contributed by atoms with van der Waals surface area (Å²) in [4.78, 5) is 31.1. The summed E-state index contributed by atoms with van der Waals surface area (Å²) in [6.45, 7) is 10.2. The highest BCUT2D eigenvalue weighted by Crippen LogP contribution is 2.40. The fourth-order valence-corrected chi connectivity index (χ4v) is 5.03. The third kappa shape index (κ3) is 4.04. The third-order valence-corrected chi connectivity index (χ3v) is 6.65. The van der Waals surface area contributed by atoms with Gasteiger partial charge in [0.2, 0.25) is 5.91 Å². The van der Waals surface area contributed by atoms with Crippen molar-refractivity contribution < 1.29 is 9.59 Å². The molecule has 0 saturated carbocycles. The standard InChI is InChI=1S/C27H33N3O2/c1-19(2)24-23-25(27(3,4)30(26(23)32)18-21-13-9-6-10-14-21)28-15-16-29(24)22(31)17-20-11-7-5-8-12-20/h5-14,19,24,28H,15-18H2,1-4H3. The molecule has 1 N–H and O–H groups in total. The molecule has 0 radical (unpaired) electrons. The van der Waals surface area contributed by atoms with Crippen LogP contribution in [0.2, 0.25) is 0 Å². The molecule has 4 rings (SSSR count). The first-order valence-corrected chi connectivity index (χ1v) is 11.5. The number of amides is 2. The number of carbonyl (C=O) groups is 2. The summed E-state index contributed by atoms with van der Waals surface area (Å²) in [6.07, 6.45) is 0.345. The number of nitrogens with one attached hydrogen (secondary N) is 1. The van der Waals surface area contributed by atoms with E-state index in [2.05, 4.69) is 45.1 Å². The molecule has 2 aliphatic rings. The number of nitrogens with zero attached hydrogens (tertiary/aromatic N) is 2. The monoisotopic (exact) mass is 431 g/mol. The van der Waals surface area contributed by atoms with Crippen LogP contribution in [0.5, 0.6) is 0 Å². The van der Waals surface area contributed by atoms with E-state index in [1.54, 1.807) is 0 Å². The van der Waals surface area contributed by atoms with Gasteiger partial charge in [-0.25, -0.2) is 0 Å². The molecule has 0 spiro atoms. The van der Waals surface area contributed by atoms with Gasteiger partial charge in [0.25, 0.3) is 5.91 Å². The van der Waals surface area contributed by atoms with Crippen LogP contribution in [0.25, 0.3) is 0 Å². The van der Waals surface area contributed by atoms with Crippen molar-refractivity contribution in [2.24, 2.45) is 5.92 Å². The number of carbonyl (C=O) groups excluding carboxylic acids is 2. The topological polar surface area (TPSA) is 52.7 Å².